The highest BCUT2D eigenvalue weighted by Gasteiger charge is 2.24. The Balaban J connectivity index is 1.32. The highest BCUT2D eigenvalue weighted by molar-refractivity contribution is 7.22. The molecule has 0 aliphatic heterocycles. The van der Waals surface area contributed by atoms with Gasteiger partial charge in [-0.1, -0.05) is 41.7 Å². The predicted octanol–water partition coefficient (Wildman–Crippen LogP) is 5.74. The van der Waals surface area contributed by atoms with Crippen LogP contribution in [0.15, 0.2) is 66.7 Å². The molecule has 0 radical (unpaired) electrons. The Morgan fingerprint density at radius 3 is 2.50 bits per heavy atom. The third-order valence-corrected chi connectivity index (χ3v) is 6.46. The molecule has 3 aromatic carbocycles. The van der Waals surface area contributed by atoms with E-state index < -0.39 is 6.09 Å². The number of nitrogens with zero attached hydrogens (tertiary/aromatic N) is 1. The zero-order valence-electron chi connectivity index (χ0n) is 17.0. The molecular weight excluding hydrogens is 424 g/mol. The van der Waals surface area contributed by atoms with Crippen molar-refractivity contribution in [2.75, 3.05) is 16.0 Å². The molecule has 1 unspecified atom stereocenters. The van der Waals surface area contributed by atoms with Gasteiger partial charge in [-0.15, -0.1) is 0 Å². The predicted molar refractivity (Wildman–Crippen MR) is 127 cm³/mol. The summed E-state index contributed by atoms with van der Waals surface area (Å²) >= 11 is 1.64. The molecule has 1 heterocycles. The van der Waals surface area contributed by atoms with Crippen LogP contribution in [0.5, 0.6) is 0 Å². The monoisotopic (exact) mass is 444 g/mol. The average Bonchev–Trinajstić information content (AvgIpc) is 3.38. The molecule has 0 saturated heterocycles. The number of aryl methyl sites for hydroxylation is 1. The molecule has 0 bridgehead atoms. The summed E-state index contributed by atoms with van der Waals surface area (Å²) in [5.74, 6) is -0.282. The van der Waals surface area contributed by atoms with Gasteiger partial charge in [-0.2, -0.15) is 0 Å². The number of carbonyl (C=O) groups excluding carboxylic acids is 1. The standard InChI is InChI=1S/C24H20N4O3S/c29-22(25-18-5-1-2-6-19(18)28-24(30)31)15-9-11-16-14(13-15)10-12-17(16)26-23-27-20-7-3-4-8-21(20)32-23/h1-9,11,13,17,28H,10,12H2,(H,25,29)(H,26,27)(H,30,31). The SMILES string of the molecule is O=C(O)Nc1ccccc1NC(=O)c1ccc2c(c1)CCC2Nc1nc2ccccc2s1. The van der Waals surface area contributed by atoms with E-state index in [-0.39, 0.29) is 11.9 Å². The Kier molecular flexibility index (Phi) is 5.20. The van der Waals surface area contributed by atoms with Gasteiger partial charge in [0.2, 0.25) is 0 Å². The van der Waals surface area contributed by atoms with E-state index in [0.717, 1.165) is 33.8 Å². The van der Waals surface area contributed by atoms with Crippen molar-refractivity contribution in [3.05, 3.63) is 83.4 Å². The number of benzene rings is 3. The maximum Gasteiger partial charge on any atom is 0.409 e. The number of para-hydroxylation sites is 3. The van der Waals surface area contributed by atoms with Crippen LogP contribution in [0.3, 0.4) is 0 Å². The minimum atomic E-state index is -1.18. The summed E-state index contributed by atoms with van der Waals surface area (Å²) in [7, 11) is 0. The van der Waals surface area contributed by atoms with E-state index >= 15 is 0 Å². The van der Waals surface area contributed by atoms with E-state index in [4.69, 9.17) is 5.11 Å². The van der Waals surface area contributed by atoms with Crippen LogP contribution < -0.4 is 16.0 Å². The first kappa shape index (κ1) is 20.0. The molecular formula is C24H20N4O3S. The molecule has 8 heteroatoms. The molecule has 2 amide bonds. The highest BCUT2D eigenvalue weighted by Crippen LogP contribution is 2.36. The van der Waals surface area contributed by atoms with Crippen LogP contribution in [0.25, 0.3) is 10.2 Å². The molecule has 5 rings (SSSR count). The number of thiazole rings is 1. The lowest BCUT2D eigenvalue weighted by Crippen LogP contribution is -2.15. The molecule has 0 spiro atoms. The van der Waals surface area contributed by atoms with Gasteiger partial charge < -0.3 is 15.7 Å². The first-order valence-corrected chi connectivity index (χ1v) is 11.0. The Morgan fingerprint density at radius 1 is 0.969 bits per heavy atom. The zero-order valence-corrected chi connectivity index (χ0v) is 17.8. The molecule has 0 fully saturated rings. The molecule has 1 aliphatic rings. The first-order chi connectivity index (χ1) is 15.6. The van der Waals surface area contributed by atoms with Crippen LogP contribution in [0.4, 0.5) is 21.3 Å². The second kappa shape index (κ2) is 8.32. The fourth-order valence-electron chi connectivity index (χ4n) is 4.00. The van der Waals surface area contributed by atoms with Crippen molar-refractivity contribution in [2.45, 2.75) is 18.9 Å². The lowest BCUT2D eigenvalue weighted by Gasteiger charge is -2.14. The van der Waals surface area contributed by atoms with E-state index in [9.17, 15) is 9.59 Å². The molecule has 32 heavy (non-hydrogen) atoms. The minimum Gasteiger partial charge on any atom is -0.465 e. The van der Waals surface area contributed by atoms with Crippen molar-refractivity contribution in [2.24, 2.45) is 0 Å². The van der Waals surface area contributed by atoms with Crippen molar-refractivity contribution in [3.63, 3.8) is 0 Å². The lowest BCUT2D eigenvalue weighted by atomic mass is 10.0. The van der Waals surface area contributed by atoms with Crippen LogP contribution in [-0.4, -0.2) is 22.1 Å². The largest absolute Gasteiger partial charge is 0.465 e. The number of anilines is 3. The summed E-state index contributed by atoms with van der Waals surface area (Å²) in [6, 6.07) is 20.6. The fourth-order valence-corrected chi connectivity index (χ4v) is 4.92. The van der Waals surface area contributed by atoms with Gasteiger partial charge in [-0.3, -0.25) is 10.1 Å². The molecule has 4 aromatic rings. The average molecular weight is 445 g/mol. The number of carbonyl (C=O) groups is 2. The van der Waals surface area contributed by atoms with E-state index in [1.807, 2.05) is 30.3 Å². The molecule has 0 saturated carbocycles. The van der Waals surface area contributed by atoms with Crippen molar-refractivity contribution in [1.29, 1.82) is 0 Å². The maximum atomic E-state index is 12.8. The van der Waals surface area contributed by atoms with Gasteiger partial charge in [0, 0.05) is 5.56 Å². The third-order valence-electron chi connectivity index (χ3n) is 5.49. The molecule has 1 aromatic heterocycles. The molecule has 160 valence electrons. The smallest absolute Gasteiger partial charge is 0.409 e. The van der Waals surface area contributed by atoms with E-state index in [1.165, 1.54) is 5.56 Å². The normalized spacial score (nSPS) is 14.7. The minimum absolute atomic E-state index is 0.156. The number of aromatic nitrogens is 1. The summed E-state index contributed by atoms with van der Waals surface area (Å²) in [5, 5.41) is 18.5. The van der Waals surface area contributed by atoms with Gasteiger partial charge in [-0.25, -0.2) is 9.78 Å². The Morgan fingerprint density at radius 2 is 1.72 bits per heavy atom. The molecule has 1 aliphatic carbocycles. The number of carboxylic acid groups (broad SMARTS) is 1. The van der Waals surface area contributed by atoms with Gasteiger partial charge in [0.15, 0.2) is 5.13 Å². The number of rotatable bonds is 5. The van der Waals surface area contributed by atoms with E-state index in [2.05, 4.69) is 27.0 Å². The van der Waals surface area contributed by atoms with Crippen molar-refractivity contribution < 1.29 is 14.7 Å². The van der Waals surface area contributed by atoms with Crippen molar-refractivity contribution in [3.8, 4) is 0 Å². The van der Waals surface area contributed by atoms with E-state index in [0.29, 0.717) is 16.9 Å². The van der Waals surface area contributed by atoms with Crippen LogP contribution in [0, 0.1) is 0 Å². The third kappa shape index (κ3) is 4.00. The van der Waals surface area contributed by atoms with Gasteiger partial charge in [0.05, 0.1) is 27.6 Å². The molecule has 4 N–H and O–H groups in total. The van der Waals surface area contributed by atoms with Crippen molar-refractivity contribution >= 4 is 50.1 Å². The lowest BCUT2D eigenvalue weighted by molar-refractivity contribution is 0.102. The summed E-state index contributed by atoms with van der Waals surface area (Å²) in [4.78, 5) is 28.5. The summed E-state index contributed by atoms with van der Waals surface area (Å²) < 4.78 is 1.15. The Bertz CT molecular complexity index is 1300. The summed E-state index contributed by atoms with van der Waals surface area (Å²) in [5.41, 5.74) is 4.57. The first-order valence-electron chi connectivity index (χ1n) is 10.2. The van der Waals surface area contributed by atoms with Gasteiger partial charge >= 0.3 is 6.09 Å². The number of hydrogen-bond acceptors (Lipinski definition) is 5. The number of fused-ring (bicyclic) bond motifs is 2. The second-order valence-electron chi connectivity index (χ2n) is 7.57. The molecule has 1 atom stereocenters. The topological polar surface area (TPSA) is 103 Å². The Hall–Kier alpha value is -3.91. The van der Waals surface area contributed by atoms with Crippen LogP contribution in [0.2, 0.25) is 0 Å². The number of nitrogens with one attached hydrogen (secondary N) is 3. The van der Waals surface area contributed by atoms with Crippen LogP contribution >= 0.6 is 11.3 Å². The highest BCUT2D eigenvalue weighted by atomic mass is 32.1. The van der Waals surface area contributed by atoms with Crippen LogP contribution in [0.1, 0.15) is 33.9 Å². The van der Waals surface area contributed by atoms with E-state index in [1.54, 1.807) is 41.7 Å². The van der Waals surface area contributed by atoms with Crippen molar-refractivity contribution in [1.82, 2.24) is 4.98 Å². The quantitative estimate of drug-likeness (QED) is 0.314. The summed E-state index contributed by atoms with van der Waals surface area (Å²) in [6.07, 6.45) is 0.619. The zero-order chi connectivity index (χ0) is 22.1. The van der Waals surface area contributed by atoms with Crippen LogP contribution in [-0.2, 0) is 6.42 Å². The van der Waals surface area contributed by atoms with Gasteiger partial charge in [0.25, 0.3) is 5.91 Å². The summed E-state index contributed by atoms with van der Waals surface area (Å²) in [6.45, 7) is 0. The Labute approximate surface area is 188 Å². The number of amides is 2. The van der Waals surface area contributed by atoms with Gasteiger partial charge in [-0.05, 0) is 60.4 Å². The number of hydrogen-bond donors (Lipinski definition) is 4. The fraction of sp³-hybridized carbons (Fsp3) is 0.125. The molecule has 7 nitrogen and oxygen atoms in total. The van der Waals surface area contributed by atoms with Gasteiger partial charge in [0.1, 0.15) is 0 Å². The second-order valence-corrected chi connectivity index (χ2v) is 8.60. The maximum absolute atomic E-state index is 12.8.